The van der Waals surface area contributed by atoms with Gasteiger partial charge in [-0.1, -0.05) is 18.2 Å². The van der Waals surface area contributed by atoms with Gasteiger partial charge in [-0.25, -0.2) is 4.79 Å². The number of benzene rings is 1. The number of aromatic nitrogens is 1. The second kappa shape index (κ2) is 6.22. The lowest BCUT2D eigenvalue weighted by atomic mass is 10.2. The van der Waals surface area contributed by atoms with E-state index in [1.807, 2.05) is 28.8 Å². The molecule has 0 bridgehead atoms. The lowest BCUT2D eigenvalue weighted by Gasteiger charge is -2.26. The van der Waals surface area contributed by atoms with E-state index in [0.717, 1.165) is 31.1 Å². The number of para-hydroxylation sites is 1. The van der Waals surface area contributed by atoms with E-state index in [0.29, 0.717) is 6.54 Å². The van der Waals surface area contributed by atoms with Gasteiger partial charge in [0.2, 0.25) is 0 Å². The summed E-state index contributed by atoms with van der Waals surface area (Å²) in [6.45, 7) is 3.20. The van der Waals surface area contributed by atoms with Gasteiger partial charge in [-0.3, -0.25) is 0 Å². The molecule has 3 rings (SSSR count). The van der Waals surface area contributed by atoms with Crippen LogP contribution in [0.4, 0.5) is 4.79 Å². The van der Waals surface area contributed by atoms with Crippen LogP contribution in [0, 0.1) is 0 Å². The maximum atomic E-state index is 12.0. The monoisotopic (exact) mass is 289 g/mol. The minimum Gasteiger partial charge on any atom is -0.346 e. The molecule has 0 unspecified atom stereocenters. The van der Waals surface area contributed by atoms with Crippen LogP contribution in [0.15, 0.2) is 36.5 Å². The van der Waals surface area contributed by atoms with Crippen LogP contribution in [0.25, 0.3) is 10.9 Å². The van der Waals surface area contributed by atoms with Gasteiger partial charge in [0, 0.05) is 49.4 Å². The molecular weight excluding hydrogens is 270 g/mol. The Hall–Kier alpha value is -1.62. The van der Waals surface area contributed by atoms with Crippen molar-refractivity contribution in [2.75, 3.05) is 31.1 Å². The first-order valence-corrected chi connectivity index (χ1v) is 8.14. The number of amides is 2. The fourth-order valence-corrected chi connectivity index (χ4v) is 3.40. The van der Waals surface area contributed by atoms with Crippen LogP contribution in [0.3, 0.4) is 0 Å². The number of carbonyl (C=O) groups is 1. The van der Waals surface area contributed by atoms with E-state index >= 15 is 0 Å². The molecule has 1 aromatic heterocycles. The Balaban J connectivity index is 1.53. The first kappa shape index (κ1) is 13.4. The first-order valence-electron chi connectivity index (χ1n) is 6.99. The Kier molecular flexibility index (Phi) is 4.16. The molecule has 2 amide bonds. The average Bonchev–Trinajstić information content (AvgIpc) is 2.92. The van der Waals surface area contributed by atoms with Gasteiger partial charge in [0.1, 0.15) is 0 Å². The third-order valence-electron chi connectivity index (χ3n) is 3.61. The first-order chi connectivity index (χ1) is 9.84. The van der Waals surface area contributed by atoms with Crippen molar-refractivity contribution in [2.24, 2.45) is 0 Å². The number of thioether (sulfide) groups is 1. The van der Waals surface area contributed by atoms with E-state index < -0.39 is 0 Å². The highest BCUT2D eigenvalue weighted by atomic mass is 32.2. The summed E-state index contributed by atoms with van der Waals surface area (Å²) in [6.07, 6.45) is 2.08. The van der Waals surface area contributed by atoms with Crippen molar-refractivity contribution in [3.63, 3.8) is 0 Å². The van der Waals surface area contributed by atoms with Crippen molar-refractivity contribution in [3.8, 4) is 0 Å². The summed E-state index contributed by atoms with van der Waals surface area (Å²) in [5, 5.41) is 4.25. The average molecular weight is 289 g/mol. The second-order valence-corrected chi connectivity index (χ2v) is 6.12. The van der Waals surface area contributed by atoms with Gasteiger partial charge in [0.15, 0.2) is 0 Å². The van der Waals surface area contributed by atoms with Crippen LogP contribution in [-0.2, 0) is 6.54 Å². The van der Waals surface area contributed by atoms with E-state index in [1.165, 1.54) is 10.9 Å². The number of nitrogens with one attached hydrogen (secondary N) is 1. The molecule has 1 saturated heterocycles. The van der Waals surface area contributed by atoms with Crippen molar-refractivity contribution in [2.45, 2.75) is 6.54 Å². The second-order valence-electron chi connectivity index (χ2n) is 4.90. The molecule has 1 aliphatic rings. The fraction of sp³-hybridized carbons (Fsp3) is 0.400. The Morgan fingerprint density at radius 3 is 2.85 bits per heavy atom. The van der Waals surface area contributed by atoms with Crippen molar-refractivity contribution >= 4 is 28.7 Å². The van der Waals surface area contributed by atoms with Gasteiger partial charge in [0.05, 0.1) is 0 Å². The minimum absolute atomic E-state index is 0.0711. The van der Waals surface area contributed by atoms with Gasteiger partial charge in [-0.15, -0.1) is 0 Å². The van der Waals surface area contributed by atoms with Gasteiger partial charge in [0.25, 0.3) is 0 Å². The number of fused-ring (bicyclic) bond motifs is 1. The molecule has 4 nitrogen and oxygen atoms in total. The third-order valence-corrected chi connectivity index (χ3v) is 4.55. The van der Waals surface area contributed by atoms with E-state index in [1.54, 1.807) is 0 Å². The van der Waals surface area contributed by atoms with Gasteiger partial charge in [-0.2, -0.15) is 11.8 Å². The number of hydrogen-bond acceptors (Lipinski definition) is 2. The summed E-state index contributed by atoms with van der Waals surface area (Å²) in [6, 6.07) is 10.5. The molecule has 0 atom stereocenters. The van der Waals surface area contributed by atoms with Gasteiger partial charge in [-0.05, 0) is 17.5 Å². The zero-order valence-electron chi connectivity index (χ0n) is 11.4. The van der Waals surface area contributed by atoms with Crippen LogP contribution in [0.5, 0.6) is 0 Å². The molecule has 0 spiro atoms. The highest BCUT2D eigenvalue weighted by Crippen LogP contribution is 2.14. The Morgan fingerprint density at radius 1 is 1.20 bits per heavy atom. The number of nitrogens with zero attached hydrogens (tertiary/aromatic N) is 2. The lowest BCUT2D eigenvalue weighted by Crippen LogP contribution is -2.45. The molecule has 1 aliphatic heterocycles. The molecule has 2 heterocycles. The van der Waals surface area contributed by atoms with Gasteiger partial charge < -0.3 is 14.8 Å². The molecule has 0 radical (unpaired) electrons. The molecule has 5 heteroatoms. The predicted molar refractivity (Wildman–Crippen MR) is 84.2 cm³/mol. The number of carbonyl (C=O) groups excluding carboxylic acids is 1. The van der Waals surface area contributed by atoms with Gasteiger partial charge >= 0.3 is 6.03 Å². The van der Waals surface area contributed by atoms with Crippen molar-refractivity contribution in [1.29, 1.82) is 0 Å². The summed E-state index contributed by atoms with van der Waals surface area (Å²) < 4.78 is 2.18. The predicted octanol–water partition coefficient (Wildman–Crippen LogP) is 2.40. The van der Waals surface area contributed by atoms with Crippen LogP contribution in [0.1, 0.15) is 0 Å². The molecule has 1 aromatic carbocycles. The SMILES string of the molecule is O=C(NCCn1ccc2ccccc21)N1CCSCC1. The number of hydrogen-bond donors (Lipinski definition) is 1. The van der Waals surface area contributed by atoms with Crippen LogP contribution < -0.4 is 5.32 Å². The summed E-state index contributed by atoms with van der Waals surface area (Å²) >= 11 is 1.91. The minimum atomic E-state index is 0.0711. The smallest absolute Gasteiger partial charge is 0.317 e. The summed E-state index contributed by atoms with van der Waals surface area (Å²) in [7, 11) is 0. The molecule has 20 heavy (non-hydrogen) atoms. The van der Waals surface area contributed by atoms with E-state index in [-0.39, 0.29) is 6.03 Å². The summed E-state index contributed by atoms with van der Waals surface area (Å²) in [5.74, 6) is 2.10. The van der Waals surface area contributed by atoms with Crippen LogP contribution >= 0.6 is 11.8 Å². The van der Waals surface area contributed by atoms with Crippen LogP contribution in [0.2, 0.25) is 0 Å². The molecule has 1 N–H and O–H groups in total. The topological polar surface area (TPSA) is 37.3 Å². The van der Waals surface area contributed by atoms with Crippen molar-refractivity contribution in [3.05, 3.63) is 36.5 Å². The number of urea groups is 1. The third kappa shape index (κ3) is 2.93. The lowest BCUT2D eigenvalue weighted by molar-refractivity contribution is 0.202. The molecule has 0 aliphatic carbocycles. The normalized spacial score (nSPS) is 15.5. The maximum absolute atomic E-state index is 12.0. The van der Waals surface area contributed by atoms with Crippen LogP contribution in [-0.4, -0.2) is 46.6 Å². The van der Waals surface area contributed by atoms with E-state index in [2.05, 4.69) is 34.3 Å². The maximum Gasteiger partial charge on any atom is 0.317 e. The fourth-order valence-electron chi connectivity index (χ4n) is 2.50. The Bertz CT molecular complexity index is 590. The largest absolute Gasteiger partial charge is 0.346 e. The zero-order valence-corrected chi connectivity index (χ0v) is 12.2. The molecule has 2 aromatic rings. The molecule has 1 fully saturated rings. The van der Waals surface area contributed by atoms with E-state index in [9.17, 15) is 4.79 Å². The molecule has 0 saturated carbocycles. The summed E-state index contributed by atoms with van der Waals surface area (Å²) in [5.41, 5.74) is 1.22. The Morgan fingerprint density at radius 2 is 2.00 bits per heavy atom. The highest BCUT2D eigenvalue weighted by molar-refractivity contribution is 7.99. The standard InChI is InChI=1S/C15H19N3OS/c19-15(18-9-11-20-12-10-18)16-6-8-17-7-5-13-3-1-2-4-14(13)17/h1-5,7H,6,8-12H2,(H,16,19). The summed E-state index contributed by atoms with van der Waals surface area (Å²) in [4.78, 5) is 13.9. The Labute approximate surface area is 123 Å². The quantitative estimate of drug-likeness (QED) is 0.942. The highest BCUT2D eigenvalue weighted by Gasteiger charge is 2.15. The molecule has 106 valence electrons. The van der Waals surface area contributed by atoms with Crippen molar-refractivity contribution in [1.82, 2.24) is 14.8 Å². The number of rotatable bonds is 3. The van der Waals surface area contributed by atoms with Crippen molar-refractivity contribution < 1.29 is 4.79 Å². The molecular formula is C15H19N3OS. The van der Waals surface area contributed by atoms with E-state index in [4.69, 9.17) is 0 Å². The zero-order chi connectivity index (χ0) is 13.8.